The molecule has 21 heavy (non-hydrogen) atoms. The number of anilines is 2. The Hall–Kier alpha value is -1.92. The number of thiocarbonyl (C=S) groups is 1. The van der Waals surface area contributed by atoms with Gasteiger partial charge in [-0.1, -0.05) is 17.7 Å². The summed E-state index contributed by atoms with van der Waals surface area (Å²) in [7, 11) is 0. The van der Waals surface area contributed by atoms with Crippen LogP contribution >= 0.6 is 12.2 Å². The molecule has 6 heteroatoms. The van der Waals surface area contributed by atoms with Crippen LogP contribution in [0.1, 0.15) is 18.1 Å². The van der Waals surface area contributed by atoms with E-state index in [0.29, 0.717) is 18.5 Å². The Labute approximate surface area is 130 Å². The Morgan fingerprint density at radius 1 is 1.33 bits per heavy atom. The third kappa shape index (κ3) is 4.54. The Kier molecular flexibility index (Phi) is 5.30. The van der Waals surface area contributed by atoms with E-state index >= 15 is 0 Å². The summed E-state index contributed by atoms with van der Waals surface area (Å²) >= 11 is 5.32. The van der Waals surface area contributed by atoms with Crippen molar-refractivity contribution in [3.63, 3.8) is 0 Å². The number of aromatic nitrogens is 2. The second kappa shape index (κ2) is 7.19. The number of nitrogens with zero attached hydrogens (tertiary/aromatic N) is 2. The second-order valence-electron chi connectivity index (χ2n) is 4.79. The van der Waals surface area contributed by atoms with Gasteiger partial charge in [-0.3, -0.25) is 0 Å². The van der Waals surface area contributed by atoms with E-state index in [0.717, 1.165) is 16.9 Å². The first-order valence-corrected chi connectivity index (χ1v) is 7.24. The molecule has 0 aliphatic rings. The summed E-state index contributed by atoms with van der Waals surface area (Å²) < 4.78 is 7.00. The van der Waals surface area contributed by atoms with Crippen molar-refractivity contribution in [2.24, 2.45) is 0 Å². The zero-order valence-electron chi connectivity index (χ0n) is 12.5. The summed E-state index contributed by atoms with van der Waals surface area (Å²) in [5.74, 6) is 0. The van der Waals surface area contributed by atoms with Crippen molar-refractivity contribution in [3.05, 3.63) is 41.7 Å². The highest BCUT2D eigenvalue weighted by Crippen LogP contribution is 2.16. The lowest BCUT2D eigenvalue weighted by atomic mass is 10.1. The van der Waals surface area contributed by atoms with Crippen molar-refractivity contribution in [2.75, 3.05) is 17.2 Å². The van der Waals surface area contributed by atoms with Gasteiger partial charge in [-0.05, 0) is 44.6 Å². The molecule has 1 heterocycles. The predicted molar refractivity (Wildman–Crippen MR) is 89.6 cm³/mol. The molecule has 2 N–H and O–H groups in total. The molecule has 0 saturated carbocycles. The summed E-state index contributed by atoms with van der Waals surface area (Å²) in [6.07, 6.45) is 3.57. The summed E-state index contributed by atoms with van der Waals surface area (Å²) in [6, 6.07) is 6.19. The molecule has 0 atom stereocenters. The van der Waals surface area contributed by atoms with E-state index < -0.39 is 0 Å². The van der Waals surface area contributed by atoms with E-state index in [9.17, 15) is 0 Å². The molecule has 5 nitrogen and oxygen atoms in total. The lowest BCUT2D eigenvalue weighted by Gasteiger charge is -2.11. The molecule has 0 saturated heterocycles. The van der Waals surface area contributed by atoms with Crippen LogP contribution < -0.4 is 10.6 Å². The molecule has 0 bridgehead atoms. The highest BCUT2D eigenvalue weighted by atomic mass is 32.1. The maximum absolute atomic E-state index is 5.32. The van der Waals surface area contributed by atoms with Gasteiger partial charge in [0, 0.05) is 12.3 Å². The molecule has 0 amide bonds. The van der Waals surface area contributed by atoms with Gasteiger partial charge in [0.1, 0.15) is 6.73 Å². The van der Waals surface area contributed by atoms with E-state index in [1.807, 2.05) is 19.2 Å². The van der Waals surface area contributed by atoms with E-state index in [2.05, 4.69) is 41.7 Å². The van der Waals surface area contributed by atoms with Crippen LogP contribution in [-0.2, 0) is 11.5 Å². The number of nitrogens with one attached hydrogen (secondary N) is 2. The van der Waals surface area contributed by atoms with Crippen molar-refractivity contribution >= 4 is 28.7 Å². The summed E-state index contributed by atoms with van der Waals surface area (Å²) in [6.45, 7) is 7.18. The minimum Gasteiger partial charge on any atom is -0.360 e. The Morgan fingerprint density at radius 2 is 2.14 bits per heavy atom. The van der Waals surface area contributed by atoms with Gasteiger partial charge < -0.3 is 15.4 Å². The van der Waals surface area contributed by atoms with Crippen LogP contribution in [0.25, 0.3) is 0 Å². The fourth-order valence-electron chi connectivity index (χ4n) is 1.92. The molecule has 0 aliphatic carbocycles. The molecule has 112 valence electrons. The number of hydrogen-bond acceptors (Lipinski definition) is 3. The highest BCUT2D eigenvalue weighted by Gasteiger charge is 2.04. The number of aryl methyl sites for hydroxylation is 2. The van der Waals surface area contributed by atoms with E-state index in [1.165, 1.54) is 5.56 Å². The molecule has 1 aromatic heterocycles. The Morgan fingerprint density at radius 3 is 2.86 bits per heavy atom. The first kappa shape index (κ1) is 15.5. The molecule has 0 unspecified atom stereocenters. The number of hydrogen-bond donors (Lipinski definition) is 2. The maximum atomic E-state index is 5.32. The fraction of sp³-hybridized carbons (Fsp3) is 0.333. The monoisotopic (exact) mass is 304 g/mol. The SMILES string of the molecule is CCOCn1cc(NC(=S)Nc2ccc(C)cc2C)cn1. The summed E-state index contributed by atoms with van der Waals surface area (Å²) in [5.41, 5.74) is 4.22. The third-order valence-electron chi connectivity index (χ3n) is 2.95. The number of rotatable bonds is 5. The first-order valence-electron chi connectivity index (χ1n) is 6.84. The summed E-state index contributed by atoms with van der Waals surface area (Å²) in [4.78, 5) is 0. The van der Waals surface area contributed by atoms with Gasteiger partial charge in [0.05, 0.1) is 18.1 Å². The molecule has 1 aromatic carbocycles. The van der Waals surface area contributed by atoms with Crippen LogP contribution in [0.2, 0.25) is 0 Å². The summed E-state index contributed by atoms with van der Waals surface area (Å²) in [5, 5.41) is 11.0. The zero-order chi connectivity index (χ0) is 15.2. The lowest BCUT2D eigenvalue weighted by molar-refractivity contribution is 0.0792. The van der Waals surface area contributed by atoms with Gasteiger partial charge >= 0.3 is 0 Å². The van der Waals surface area contributed by atoms with Gasteiger partial charge in [-0.25, -0.2) is 4.68 Å². The molecule has 2 rings (SSSR count). The topological polar surface area (TPSA) is 51.1 Å². The smallest absolute Gasteiger partial charge is 0.175 e. The van der Waals surface area contributed by atoms with E-state index in [-0.39, 0.29) is 0 Å². The standard InChI is InChI=1S/C15H20N4OS/c1-4-20-10-19-9-13(8-16-19)17-15(21)18-14-6-5-11(2)7-12(14)3/h5-9H,4,10H2,1-3H3,(H2,17,18,21). The minimum atomic E-state index is 0.440. The molecule has 0 aliphatic heterocycles. The van der Waals surface area contributed by atoms with Crippen molar-refractivity contribution in [3.8, 4) is 0 Å². The van der Waals surface area contributed by atoms with Crippen molar-refractivity contribution in [1.82, 2.24) is 9.78 Å². The van der Waals surface area contributed by atoms with Crippen molar-refractivity contribution in [1.29, 1.82) is 0 Å². The van der Waals surface area contributed by atoms with Crippen LogP contribution in [0.5, 0.6) is 0 Å². The van der Waals surface area contributed by atoms with Crippen molar-refractivity contribution in [2.45, 2.75) is 27.5 Å². The third-order valence-corrected chi connectivity index (χ3v) is 3.15. The van der Waals surface area contributed by atoms with Crippen LogP contribution in [0, 0.1) is 13.8 Å². The second-order valence-corrected chi connectivity index (χ2v) is 5.20. The maximum Gasteiger partial charge on any atom is 0.175 e. The van der Waals surface area contributed by atoms with E-state index in [1.54, 1.807) is 10.9 Å². The predicted octanol–water partition coefficient (Wildman–Crippen LogP) is 3.30. The van der Waals surface area contributed by atoms with Gasteiger partial charge in [0.25, 0.3) is 0 Å². The quantitative estimate of drug-likeness (QED) is 0.830. The van der Waals surface area contributed by atoms with Gasteiger partial charge in [-0.2, -0.15) is 5.10 Å². The van der Waals surface area contributed by atoms with Crippen LogP contribution in [0.15, 0.2) is 30.6 Å². The fourth-order valence-corrected chi connectivity index (χ4v) is 2.15. The molecular weight excluding hydrogens is 284 g/mol. The number of ether oxygens (including phenoxy) is 1. The van der Waals surface area contributed by atoms with E-state index in [4.69, 9.17) is 17.0 Å². The van der Waals surface area contributed by atoms with Gasteiger partial charge in [0.2, 0.25) is 0 Å². The molecular formula is C15H20N4OS. The molecule has 0 radical (unpaired) electrons. The average Bonchev–Trinajstić information content (AvgIpc) is 2.87. The largest absolute Gasteiger partial charge is 0.360 e. The van der Waals surface area contributed by atoms with Crippen molar-refractivity contribution < 1.29 is 4.74 Å². The van der Waals surface area contributed by atoms with Crippen LogP contribution in [0.4, 0.5) is 11.4 Å². The first-order chi connectivity index (χ1) is 10.1. The molecule has 0 fully saturated rings. The molecule has 0 spiro atoms. The normalized spacial score (nSPS) is 10.4. The van der Waals surface area contributed by atoms with Gasteiger partial charge in [0.15, 0.2) is 5.11 Å². The zero-order valence-corrected chi connectivity index (χ0v) is 13.3. The lowest BCUT2D eigenvalue weighted by Crippen LogP contribution is -2.19. The Balaban J connectivity index is 1.93. The molecule has 2 aromatic rings. The van der Waals surface area contributed by atoms with Crippen LogP contribution in [0.3, 0.4) is 0 Å². The van der Waals surface area contributed by atoms with Gasteiger partial charge in [-0.15, -0.1) is 0 Å². The highest BCUT2D eigenvalue weighted by molar-refractivity contribution is 7.80. The average molecular weight is 304 g/mol. The number of benzene rings is 1. The Bertz CT molecular complexity index is 624. The minimum absolute atomic E-state index is 0.440. The van der Waals surface area contributed by atoms with Crippen LogP contribution in [-0.4, -0.2) is 21.5 Å².